The van der Waals surface area contributed by atoms with Crippen LogP contribution < -0.4 is 5.32 Å². The Morgan fingerprint density at radius 3 is 2.95 bits per heavy atom. The topological polar surface area (TPSA) is 48.6 Å². The Morgan fingerprint density at radius 2 is 2.19 bits per heavy atom. The summed E-state index contributed by atoms with van der Waals surface area (Å²) in [6.45, 7) is 8.30. The third kappa shape index (κ3) is 3.68. The molecule has 1 fully saturated rings. The highest BCUT2D eigenvalue weighted by molar-refractivity contribution is 5.26. The third-order valence-electron chi connectivity index (χ3n) is 4.82. The predicted molar refractivity (Wildman–Crippen MR) is 83.2 cm³/mol. The van der Waals surface area contributed by atoms with E-state index in [0.717, 1.165) is 38.2 Å². The molecule has 3 rings (SSSR count). The summed E-state index contributed by atoms with van der Waals surface area (Å²) in [7, 11) is 0. The summed E-state index contributed by atoms with van der Waals surface area (Å²) >= 11 is 0. The van der Waals surface area contributed by atoms with Crippen molar-refractivity contribution in [2.75, 3.05) is 26.2 Å². The first kappa shape index (κ1) is 15.1. The lowest BCUT2D eigenvalue weighted by Crippen LogP contribution is -2.40. The van der Waals surface area contributed by atoms with Gasteiger partial charge in [0.1, 0.15) is 5.76 Å². The molecule has 1 aromatic rings. The van der Waals surface area contributed by atoms with Crippen LogP contribution in [0.1, 0.15) is 50.5 Å². The number of nitrogens with zero attached hydrogens (tertiary/aromatic N) is 1. The van der Waals surface area contributed by atoms with Crippen LogP contribution in [0.2, 0.25) is 0 Å². The molecule has 1 aliphatic heterocycles. The molecule has 2 heterocycles. The summed E-state index contributed by atoms with van der Waals surface area (Å²) in [5.74, 6) is 1.11. The van der Waals surface area contributed by atoms with Crippen molar-refractivity contribution in [1.29, 1.82) is 0 Å². The van der Waals surface area contributed by atoms with Crippen LogP contribution in [0.25, 0.3) is 0 Å². The number of rotatable bonds is 5. The van der Waals surface area contributed by atoms with E-state index in [2.05, 4.69) is 30.1 Å². The average Bonchev–Trinajstić information content (AvgIpc) is 3.05. The second-order valence-electron chi connectivity index (χ2n) is 7.47. The van der Waals surface area contributed by atoms with E-state index in [-0.39, 0.29) is 11.5 Å². The summed E-state index contributed by atoms with van der Waals surface area (Å²) in [6, 6.07) is 2.38. The van der Waals surface area contributed by atoms with Gasteiger partial charge in [-0.2, -0.15) is 0 Å². The molecule has 118 valence electrons. The predicted octanol–water partition coefficient (Wildman–Crippen LogP) is 2.34. The monoisotopic (exact) mass is 292 g/mol. The Morgan fingerprint density at radius 1 is 1.43 bits per heavy atom. The number of hydrogen-bond donors (Lipinski definition) is 2. The van der Waals surface area contributed by atoms with E-state index in [9.17, 15) is 5.11 Å². The molecule has 0 spiro atoms. The highest BCUT2D eigenvalue weighted by atomic mass is 16.3. The highest BCUT2D eigenvalue weighted by Crippen LogP contribution is 2.41. The molecule has 1 aromatic heterocycles. The van der Waals surface area contributed by atoms with Gasteiger partial charge in [0, 0.05) is 31.1 Å². The molecule has 4 nitrogen and oxygen atoms in total. The zero-order chi connectivity index (χ0) is 14.9. The van der Waals surface area contributed by atoms with Crippen LogP contribution in [-0.2, 0) is 6.42 Å². The number of hydrogen-bond acceptors (Lipinski definition) is 4. The van der Waals surface area contributed by atoms with Crippen molar-refractivity contribution < 1.29 is 9.52 Å². The van der Waals surface area contributed by atoms with E-state index < -0.39 is 0 Å². The van der Waals surface area contributed by atoms with E-state index in [1.807, 2.05) is 0 Å². The van der Waals surface area contributed by atoms with Gasteiger partial charge in [0.05, 0.1) is 12.4 Å². The Bertz CT molecular complexity index is 463. The fourth-order valence-corrected chi connectivity index (χ4v) is 3.76. The van der Waals surface area contributed by atoms with Crippen molar-refractivity contribution in [2.24, 2.45) is 5.41 Å². The van der Waals surface area contributed by atoms with Gasteiger partial charge in [-0.05, 0) is 43.8 Å². The largest absolute Gasteiger partial charge is 0.469 e. The zero-order valence-corrected chi connectivity index (χ0v) is 13.3. The van der Waals surface area contributed by atoms with Crippen LogP contribution in [0.4, 0.5) is 0 Å². The Kier molecular flexibility index (Phi) is 4.38. The van der Waals surface area contributed by atoms with Crippen molar-refractivity contribution in [3.05, 3.63) is 23.7 Å². The Hall–Kier alpha value is -0.840. The molecular weight excluding hydrogens is 264 g/mol. The van der Waals surface area contributed by atoms with Gasteiger partial charge < -0.3 is 19.7 Å². The third-order valence-corrected chi connectivity index (χ3v) is 4.82. The van der Waals surface area contributed by atoms with Crippen LogP contribution in [0.3, 0.4) is 0 Å². The second-order valence-corrected chi connectivity index (χ2v) is 7.47. The second kappa shape index (κ2) is 6.11. The molecule has 2 atom stereocenters. The molecular formula is C17H28N2O2. The molecule has 2 N–H and O–H groups in total. The molecule has 0 aromatic carbocycles. The molecule has 21 heavy (non-hydrogen) atoms. The fourth-order valence-electron chi connectivity index (χ4n) is 3.76. The molecule has 2 unspecified atom stereocenters. The lowest BCUT2D eigenvalue weighted by Gasteiger charge is -2.35. The van der Waals surface area contributed by atoms with Crippen LogP contribution in [0.5, 0.6) is 0 Å². The summed E-state index contributed by atoms with van der Waals surface area (Å²) in [5.41, 5.74) is 1.53. The average molecular weight is 292 g/mol. The minimum atomic E-state index is -0.288. The Balaban J connectivity index is 1.55. The maximum atomic E-state index is 10.2. The van der Waals surface area contributed by atoms with Crippen LogP contribution in [-0.4, -0.2) is 42.3 Å². The van der Waals surface area contributed by atoms with Crippen molar-refractivity contribution in [3.8, 4) is 0 Å². The molecule has 1 aliphatic carbocycles. The van der Waals surface area contributed by atoms with E-state index in [0.29, 0.717) is 12.6 Å². The van der Waals surface area contributed by atoms with E-state index in [4.69, 9.17) is 4.42 Å². The maximum Gasteiger partial charge on any atom is 0.109 e. The molecule has 2 aliphatic rings. The first-order chi connectivity index (χ1) is 10.0. The van der Waals surface area contributed by atoms with Gasteiger partial charge in [-0.25, -0.2) is 0 Å². The number of β-amino-alcohol motifs (C(OH)–C–C–N with tert-alkyl or cyclic N) is 1. The summed E-state index contributed by atoms with van der Waals surface area (Å²) in [6.07, 6.45) is 6.15. The van der Waals surface area contributed by atoms with E-state index >= 15 is 0 Å². The van der Waals surface area contributed by atoms with Crippen LogP contribution in [0, 0.1) is 5.41 Å². The van der Waals surface area contributed by atoms with Gasteiger partial charge in [-0.1, -0.05) is 13.8 Å². The highest BCUT2D eigenvalue weighted by Gasteiger charge is 2.34. The minimum absolute atomic E-state index is 0.252. The lowest BCUT2D eigenvalue weighted by molar-refractivity contribution is 0.115. The first-order valence-electron chi connectivity index (χ1n) is 8.24. The Labute approximate surface area is 127 Å². The van der Waals surface area contributed by atoms with Crippen LogP contribution in [0.15, 0.2) is 16.7 Å². The number of fused-ring (bicyclic) bond motifs is 1. The van der Waals surface area contributed by atoms with Crippen molar-refractivity contribution in [1.82, 2.24) is 10.2 Å². The molecule has 0 saturated carbocycles. The normalized spacial score (nSPS) is 26.7. The van der Waals surface area contributed by atoms with Gasteiger partial charge >= 0.3 is 0 Å². The summed E-state index contributed by atoms with van der Waals surface area (Å²) in [4.78, 5) is 2.36. The van der Waals surface area contributed by atoms with Crippen molar-refractivity contribution in [3.63, 3.8) is 0 Å². The van der Waals surface area contributed by atoms with Crippen LogP contribution >= 0.6 is 0 Å². The lowest BCUT2D eigenvalue weighted by atomic mass is 9.75. The molecule has 4 heteroatoms. The van der Waals surface area contributed by atoms with Gasteiger partial charge in [0.25, 0.3) is 0 Å². The first-order valence-corrected chi connectivity index (χ1v) is 8.24. The summed E-state index contributed by atoms with van der Waals surface area (Å²) < 4.78 is 5.63. The fraction of sp³-hybridized carbons (Fsp3) is 0.765. The van der Waals surface area contributed by atoms with Gasteiger partial charge in [-0.3, -0.25) is 0 Å². The smallest absolute Gasteiger partial charge is 0.109 e. The van der Waals surface area contributed by atoms with E-state index in [1.54, 1.807) is 6.26 Å². The van der Waals surface area contributed by atoms with Gasteiger partial charge in [0.2, 0.25) is 0 Å². The number of aliphatic hydroxyl groups excluding tert-OH is 1. The van der Waals surface area contributed by atoms with E-state index in [1.165, 1.54) is 18.4 Å². The zero-order valence-electron chi connectivity index (χ0n) is 13.3. The van der Waals surface area contributed by atoms with Gasteiger partial charge in [-0.15, -0.1) is 0 Å². The van der Waals surface area contributed by atoms with Gasteiger partial charge in [0.15, 0.2) is 0 Å². The molecule has 0 radical (unpaired) electrons. The molecule has 1 saturated heterocycles. The number of likely N-dealkylation sites (tertiary alicyclic amines) is 1. The standard InChI is InChI=1S/C17H28N2O2/c1-17(2)9-15(14-5-8-21-16(14)10-17)18-11-13(20)12-19-6-3-4-7-19/h5,8,13,15,18,20H,3-4,6-7,9-12H2,1-2H3. The molecule has 0 amide bonds. The van der Waals surface area contributed by atoms with Crippen molar-refractivity contribution >= 4 is 0 Å². The minimum Gasteiger partial charge on any atom is -0.469 e. The number of nitrogens with one attached hydrogen (secondary N) is 1. The molecule has 0 bridgehead atoms. The number of furan rings is 1. The summed E-state index contributed by atoms with van der Waals surface area (Å²) in [5, 5.41) is 13.8. The SMILES string of the molecule is CC1(C)Cc2occc2C(NCC(O)CN2CCCC2)C1. The number of aliphatic hydroxyl groups is 1. The maximum absolute atomic E-state index is 10.2. The quantitative estimate of drug-likeness (QED) is 0.874. The van der Waals surface area contributed by atoms with Crippen molar-refractivity contribution in [2.45, 2.75) is 51.7 Å².